The SMILES string of the molecule is Cn1c(-c2ccccc2O)cc(C(F)(F)F)c(C#N)c1=O. The van der Waals surface area contributed by atoms with Gasteiger partial charge < -0.3 is 9.67 Å². The molecule has 1 aromatic heterocycles. The van der Waals surface area contributed by atoms with Gasteiger partial charge in [0.15, 0.2) is 0 Å². The second kappa shape index (κ2) is 4.98. The van der Waals surface area contributed by atoms with Gasteiger partial charge in [-0.25, -0.2) is 0 Å². The fourth-order valence-corrected chi connectivity index (χ4v) is 1.98. The van der Waals surface area contributed by atoms with E-state index in [1.807, 2.05) is 0 Å². The summed E-state index contributed by atoms with van der Waals surface area (Å²) < 4.78 is 39.9. The van der Waals surface area contributed by atoms with Crippen LogP contribution in [-0.2, 0) is 13.2 Å². The van der Waals surface area contributed by atoms with Crippen LogP contribution in [0.15, 0.2) is 35.1 Å². The molecule has 0 bridgehead atoms. The summed E-state index contributed by atoms with van der Waals surface area (Å²) in [4.78, 5) is 11.9. The number of aromatic nitrogens is 1. The Morgan fingerprint density at radius 1 is 1.29 bits per heavy atom. The highest BCUT2D eigenvalue weighted by Crippen LogP contribution is 2.35. The van der Waals surface area contributed by atoms with Gasteiger partial charge in [0.05, 0.1) is 11.3 Å². The second-order valence-electron chi connectivity index (χ2n) is 4.31. The number of aromatic hydroxyl groups is 1. The Bertz CT molecular complexity index is 801. The van der Waals surface area contributed by atoms with E-state index >= 15 is 0 Å². The highest BCUT2D eigenvalue weighted by atomic mass is 19.4. The van der Waals surface area contributed by atoms with E-state index in [0.717, 1.165) is 4.57 Å². The van der Waals surface area contributed by atoms with E-state index in [2.05, 4.69) is 0 Å². The summed E-state index contributed by atoms with van der Waals surface area (Å²) in [6.45, 7) is 0. The number of rotatable bonds is 1. The molecule has 1 heterocycles. The zero-order valence-corrected chi connectivity index (χ0v) is 10.8. The van der Waals surface area contributed by atoms with Gasteiger partial charge in [0, 0.05) is 12.6 Å². The number of hydrogen-bond donors (Lipinski definition) is 1. The minimum atomic E-state index is -4.84. The molecular weight excluding hydrogens is 285 g/mol. The van der Waals surface area contributed by atoms with Crippen molar-refractivity contribution in [2.45, 2.75) is 6.18 Å². The Hall–Kier alpha value is -2.75. The van der Waals surface area contributed by atoms with Crippen molar-refractivity contribution < 1.29 is 18.3 Å². The molecule has 0 spiro atoms. The maximum Gasteiger partial charge on any atom is 0.417 e. The van der Waals surface area contributed by atoms with Gasteiger partial charge in [-0.1, -0.05) is 12.1 Å². The first-order valence-electron chi connectivity index (χ1n) is 5.77. The van der Waals surface area contributed by atoms with Crippen LogP contribution in [-0.4, -0.2) is 9.67 Å². The van der Waals surface area contributed by atoms with Crippen molar-refractivity contribution in [2.24, 2.45) is 7.05 Å². The molecule has 0 atom stereocenters. The van der Waals surface area contributed by atoms with Crippen molar-refractivity contribution in [1.82, 2.24) is 4.57 Å². The minimum absolute atomic E-state index is 0.0760. The number of nitriles is 1. The van der Waals surface area contributed by atoms with E-state index in [-0.39, 0.29) is 17.0 Å². The Labute approximate surface area is 117 Å². The molecule has 0 unspecified atom stereocenters. The normalized spacial score (nSPS) is 11.2. The van der Waals surface area contributed by atoms with E-state index in [1.165, 1.54) is 37.4 Å². The number of phenols is 1. The maximum atomic E-state index is 13.0. The van der Waals surface area contributed by atoms with Crippen LogP contribution in [0.5, 0.6) is 5.75 Å². The van der Waals surface area contributed by atoms with E-state index in [4.69, 9.17) is 5.26 Å². The van der Waals surface area contributed by atoms with Gasteiger partial charge in [-0.2, -0.15) is 18.4 Å². The topological polar surface area (TPSA) is 66.0 Å². The molecule has 2 aromatic rings. The standard InChI is InChI=1S/C14H9F3N2O2/c1-19-11(8-4-2-3-5-12(8)20)6-10(14(15,16)17)9(7-18)13(19)21/h2-6,20H,1H3. The van der Waals surface area contributed by atoms with Gasteiger partial charge in [-0.05, 0) is 18.2 Å². The van der Waals surface area contributed by atoms with Gasteiger partial charge >= 0.3 is 6.18 Å². The molecular formula is C14H9F3N2O2. The second-order valence-corrected chi connectivity index (χ2v) is 4.31. The van der Waals surface area contributed by atoms with Crippen molar-refractivity contribution in [3.63, 3.8) is 0 Å². The third-order valence-electron chi connectivity index (χ3n) is 3.03. The summed E-state index contributed by atoms with van der Waals surface area (Å²) in [7, 11) is 1.24. The molecule has 7 heteroatoms. The molecule has 0 aliphatic heterocycles. The van der Waals surface area contributed by atoms with Crippen molar-refractivity contribution >= 4 is 0 Å². The third-order valence-corrected chi connectivity index (χ3v) is 3.03. The lowest BCUT2D eigenvalue weighted by Crippen LogP contribution is -2.26. The number of nitrogens with zero attached hydrogens (tertiary/aromatic N) is 2. The molecule has 0 aliphatic carbocycles. The summed E-state index contributed by atoms with van der Waals surface area (Å²) in [5.41, 5.74) is -3.39. The van der Waals surface area contributed by atoms with Crippen LogP contribution in [0.1, 0.15) is 11.1 Å². The largest absolute Gasteiger partial charge is 0.507 e. The molecule has 0 saturated heterocycles. The van der Waals surface area contributed by atoms with Crippen molar-refractivity contribution in [3.05, 3.63) is 51.8 Å². The van der Waals surface area contributed by atoms with Crippen molar-refractivity contribution in [1.29, 1.82) is 5.26 Å². The first-order valence-corrected chi connectivity index (χ1v) is 5.77. The molecule has 0 radical (unpaired) electrons. The van der Waals surface area contributed by atoms with Crippen LogP contribution >= 0.6 is 0 Å². The predicted molar refractivity (Wildman–Crippen MR) is 68.5 cm³/mol. The smallest absolute Gasteiger partial charge is 0.417 e. The van der Waals surface area contributed by atoms with Gasteiger partial charge in [-0.3, -0.25) is 4.79 Å². The molecule has 1 N–H and O–H groups in total. The van der Waals surface area contributed by atoms with Gasteiger partial charge in [0.1, 0.15) is 17.4 Å². The Kier molecular flexibility index (Phi) is 3.47. The Morgan fingerprint density at radius 3 is 2.43 bits per heavy atom. The van der Waals surface area contributed by atoms with E-state index < -0.39 is 22.9 Å². The van der Waals surface area contributed by atoms with Gasteiger partial charge in [-0.15, -0.1) is 0 Å². The molecule has 0 fully saturated rings. The van der Waals surface area contributed by atoms with Crippen molar-refractivity contribution in [2.75, 3.05) is 0 Å². The van der Waals surface area contributed by atoms with E-state index in [1.54, 1.807) is 0 Å². The van der Waals surface area contributed by atoms with Crippen LogP contribution in [0.2, 0.25) is 0 Å². The summed E-state index contributed by atoms with van der Waals surface area (Å²) in [5, 5.41) is 18.5. The average molecular weight is 294 g/mol. The number of hydrogen-bond acceptors (Lipinski definition) is 3. The highest BCUT2D eigenvalue weighted by molar-refractivity contribution is 5.68. The number of alkyl halides is 3. The zero-order valence-electron chi connectivity index (χ0n) is 10.8. The predicted octanol–water partition coefficient (Wildman–Crippen LogP) is 2.65. The third kappa shape index (κ3) is 2.48. The number of benzene rings is 1. The first-order chi connectivity index (χ1) is 9.77. The van der Waals surface area contributed by atoms with Crippen LogP contribution in [0.3, 0.4) is 0 Å². The molecule has 108 valence electrons. The molecule has 1 aromatic carbocycles. The number of phenolic OH excluding ortho intramolecular Hbond substituents is 1. The fraction of sp³-hybridized carbons (Fsp3) is 0.143. The molecule has 0 saturated carbocycles. The summed E-state index contributed by atoms with van der Waals surface area (Å²) >= 11 is 0. The van der Waals surface area contributed by atoms with Gasteiger partial charge in [0.25, 0.3) is 5.56 Å². The molecule has 0 aliphatic rings. The van der Waals surface area contributed by atoms with E-state index in [9.17, 15) is 23.1 Å². The summed E-state index contributed by atoms with van der Waals surface area (Å²) in [6, 6.07) is 7.68. The lowest BCUT2D eigenvalue weighted by Gasteiger charge is -2.15. The number of para-hydroxylation sites is 1. The number of halogens is 3. The summed E-state index contributed by atoms with van der Waals surface area (Å²) in [6.07, 6.45) is -4.84. The monoisotopic (exact) mass is 294 g/mol. The molecule has 4 nitrogen and oxygen atoms in total. The molecule has 0 amide bonds. The fourth-order valence-electron chi connectivity index (χ4n) is 1.98. The Morgan fingerprint density at radius 2 is 1.90 bits per heavy atom. The molecule has 21 heavy (non-hydrogen) atoms. The van der Waals surface area contributed by atoms with Crippen LogP contribution in [0.25, 0.3) is 11.3 Å². The molecule has 2 rings (SSSR count). The number of pyridine rings is 1. The van der Waals surface area contributed by atoms with Crippen molar-refractivity contribution in [3.8, 4) is 23.1 Å². The quantitative estimate of drug-likeness (QED) is 0.879. The first kappa shape index (κ1) is 14.7. The lowest BCUT2D eigenvalue weighted by molar-refractivity contribution is -0.137. The minimum Gasteiger partial charge on any atom is -0.507 e. The van der Waals surface area contributed by atoms with Crippen LogP contribution < -0.4 is 5.56 Å². The Balaban J connectivity index is 2.88. The van der Waals surface area contributed by atoms with Gasteiger partial charge in [0.2, 0.25) is 0 Å². The summed E-state index contributed by atoms with van der Waals surface area (Å²) in [5.74, 6) is -0.259. The van der Waals surface area contributed by atoms with Crippen LogP contribution in [0, 0.1) is 11.3 Å². The maximum absolute atomic E-state index is 13.0. The zero-order chi connectivity index (χ0) is 15.8. The van der Waals surface area contributed by atoms with E-state index in [0.29, 0.717) is 6.07 Å². The lowest BCUT2D eigenvalue weighted by atomic mass is 10.0. The highest BCUT2D eigenvalue weighted by Gasteiger charge is 2.36. The van der Waals surface area contributed by atoms with Crippen LogP contribution in [0.4, 0.5) is 13.2 Å². The average Bonchev–Trinajstić information content (AvgIpc) is 2.41.